The lowest BCUT2D eigenvalue weighted by Crippen LogP contribution is -1.89. The number of hydrogen-bond donors (Lipinski definition) is 2. The Hall–Kier alpha value is -1.96. The van der Waals surface area contributed by atoms with Crippen LogP contribution in [0.25, 0.3) is 11.1 Å². The highest BCUT2D eigenvalue weighted by atomic mass is 16.3. The van der Waals surface area contributed by atoms with Crippen molar-refractivity contribution in [2.24, 2.45) is 0 Å². The van der Waals surface area contributed by atoms with E-state index in [0.717, 1.165) is 27.8 Å². The van der Waals surface area contributed by atoms with Gasteiger partial charge in [0.05, 0.1) is 0 Å². The molecule has 0 aliphatic rings. The standard InChI is InChI=1S/C15H16O2/c1-9-4-6-12(8-14(9)17)15-10(2)5-7-13(16)11(15)3/h4-8,16-17H,1-3H3. The topological polar surface area (TPSA) is 40.5 Å². The molecular formula is C15H16O2. The Morgan fingerprint density at radius 3 is 2.06 bits per heavy atom. The maximum absolute atomic E-state index is 9.75. The fraction of sp³-hybridized carbons (Fsp3) is 0.200. The van der Waals surface area contributed by atoms with Crippen molar-refractivity contribution in [2.45, 2.75) is 20.8 Å². The number of benzene rings is 2. The minimum absolute atomic E-state index is 0.282. The van der Waals surface area contributed by atoms with E-state index in [1.165, 1.54) is 0 Å². The molecule has 0 saturated carbocycles. The fourth-order valence-corrected chi connectivity index (χ4v) is 2.05. The molecule has 0 saturated heterocycles. The van der Waals surface area contributed by atoms with Crippen LogP contribution < -0.4 is 0 Å². The Kier molecular flexibility index (Phi) is 2.80. The SMILES string of the molecule is Cc1ccc(-c2c(C)ccc(O)c2C)cc1O. The van der Waals surface area contributed by atoms with Gasteiger partial charge in [-0.25, -0.2) is 0 Å². The lowest BCUT2D eigenvalue weighted by Gasteiger charge is -2.12. The van der Waals surface area contributed by atoms with Crippen molar-refractivity contribution in [2.75, 3.05) is 0 Å². The summed E-state index contributed by atoms with van der Waals surface area (Å²) in [5.74, 6) is 0.565. The van der Waals surface area contributed by atoms with Gasteiger partial charge < -0.3 is 10.2 Å². The highest BCUT2D eigenvalue weighted by Gasteiger charge is 2.10. The minimum atomic E-state index is 0.282. The van der Waals surface area contributed by atoms with E-state index in [9.17, 15) is 10.2 Å². The van der Waals surface area contributed by atoms with Gasteiger partial charge in [-0.05, 0) is 60.7 Å². The number of aryl methyl sites for hydroxylation is 2. The normalized spacial score (nSPS) is 10.5. The van der Waals surface area contributed by atoms with Gasteiger partial charge in [0.15, 0.2) is 0 Å². The maximum Gasteiger partial charge on any atom is 0.119 e. The monoisotopic (exact) mass is 228 g/mol. The van der Waals surface area contributed by atoms with Gasteiger partial charge in [0.2, 0.25) is 0 Å². The van der Waals surface area contributed by atoms with E-state index in [1.807, 2.05) is 39.0 Å². The minimum Gasteiger partial charge on any atom is -0.508 e. The van der Waals surface area contributed by atoms with Crippen LogP contribution in [0.4, 0.5) is 0 Å². The highest BCUT2D eigenvalue weighted by Crippen LogP contribution is 2.34. The van der Waals surface area contributed by atoms with Crippen LogP contribution in [0.2, 0.25) is 0 Å². The third-order valence-corrected chi connectivity index (χ3v) is 3.14. The first-order chi connectivity index (χ1) is 8.00. The van der Waals surface area contributed by atoms with Gasteiger partial charge in [-0.15, -0.1) is 0 Å². The van der Waals surface area contributed by atoms with Crippen LogP contribution in [-0.2, 0) is 0 Å². The van der Waals surface area contributed by atoms with Gasteiger partial charge in [0, 0.05) is 0 Å². The number of phenols is 2. The van der Waals surface area contributed by atoms with E-state index in [4.69, 9.17) is 0 Å². The van der Waals surface area contributed by atoms with Crippen molar-refractivity contribution < 1.29 is 10.2 Å². The molecule has 0 aliphatic carbocycles. The first kappa shape index (κ1) is 11.5. The summed E-state index contributed by atoms with van der Waals surface area (Å²) in [5.41, 5.74) is 4.69. The molecule has 17 heavy (non-hydrogen) atoms. The summed E-state index contributed by atoms with van der Waals surface area (Å²) in [6.45, 7) is 5.74. The molecular weight excluding hydrogens is 212 g/mol. The van der Waals surface area contributed by atoms with Crippen LogP contribution in [0.3, 0.4) is 0 Å². The van der Waals surface area contributed by atoms with Gasteiger partial charge in [-0.2, -0.15) is 0 Å². The summed E-state index contributed by atoms with van der Waals surface area (Å²) in [6.07, 6.45) is 0. The summed E-state index contributed by atoms with van der Waals surface area (Å²) < 4.78 is 0. The molecule has 2 nitrogen and oxygen atoms in total. The maximum atomic E-state index is 9.75. The number of hydrogen-bond acceptors (Lipinski definition) is 2. The predicted octanol–water partition coefficient (Wildman–Crippen LogP) is 3.69. The van der Waals surface area contributed by atoms with Crippen LogP contribution in [0, 0.1) is 20.8 Å². The zero-order valence-electron chi connectivity index (χ0n) is 10.3. The van der Waals surface area contributed by atoms with Crippen molar-refractivity contribution in [3.05, 3.63) is 47.0 Å². The summed E-state index contributed by atoms with van der Waals surface area (Å²) in [5, 5.41) is 19.5. The molecule has 0 unspecified atom stereocenters. The average molecular weight is 228 g/mol. The Morgan fingerprint density at radius 2 is 1.41 bits per heavy atom. The molecule has 0 aliphatic heterocycles. The second-order valence-electron chi connectivity index (χ2n) is 4.40. The van der Waals surface area contributed by atoms with Crippen molar-refractivity contribution in [3.63, 3.8) is 0 Å². The molecule has 0 aromatic heterocycles. The average Bonchev–Trinajstić information content (AvgIpc) is 2.29. The first-order valence-electron chi connectivity index (χ1n) is 5.60. The summed E-state index contributed by atoms with van der Waals surface area (Å²) in [6, 6.07) is 9.16. The molecule has 0 bridgehead atoms. The molecule has 0 fully saturated rings. The van der Waals surface area contributed by atoms with Crippen molar-refractivity contribution in [1.82, 2.24) is 0 Å². The van der Waals surface area contributed by atoms with Crippen molar-refractivity contribution in [3.8, 4) is 22.6 Å². The van der Waals surface area contributed by atoms with Crippen LogP contribution in [-0.4, -0.2) is 10.2 Å². The molecule has 0 radical (unpaired) electrons. The second-order valence-corrected chi connectivity index (χ2v) is 4.40. The summed E-state index contributed by atoms with van der Waals surface area (Å²) in [4.78, 5) is 0. The zero-order valence-corrected chi connectivity index (χ0v) is 10.3. The molecule has 0 atom stereocenters. The Bertz CT molecular complexity index is 571. The number of phenolic OH excluding ortho intramolecular Hbond substituents is 2. The van der Waals surface area contributed by atoms with E-state index in [2.05, 4.69) is 0 Å². The number of rotatable bonds is 1. The lowest BCUT2D eigenvalue weighted by atomic mass is 9.94. The van der Waals surface area contributed by atoms with E-state index < -0.39 is 0 Å². The molecule has 0 amide bonds. The Morgan fingerprint density at radius 1 is 0.765 bits per heavy atom. The van der Waals surface area contributed by atoms with Crippen LogP contribution in [0.15, 0.2) is 30.3 Å². The van der Waals surface area contributed by atoms with Crippen LogP contribution in [0.1, 0.15) is 16.7 Å². The van der Waals surface area contributed by atoms with Gasteiger partial charge in [0.1, 0.15) is 11.5 Å². The molecule has 2 rings (SSSR count). The molecule has 2 aromatic carbocycles. The van der Waals surface area contributed by atoms with Gasteiger partial charge >= 0.3 is 0 Å². The summed E-state index contributed by atoms with van der Waals surface area (Å²) in [7, 11) is 0. The highest BCUT2D eigenvalue weighted by molar-refractivity contribution is 5.74. The fourth-order valence-electron chi connectivity index (χ4n) is 2.05. The van der Waals surface area contributed by atoms with Crippen molar-refractivity contribution in [1.29, 1.82) is 0 Å². The largest absolute Gasteiger partial charge is 0.508 e. The Balaban J connectivity index is 2.68. The quantitative estimate of drug-likeness (QED) is 0.781. The van der Waals surface area contributed by atoms with E-state index in [0.29, 0.717) is 0 Å². The predicted molar refractivity (Wildman–Crippen MR) is 69.4 cm³/mol. The first-order valence-corrected chi connectivity index (χ1v) is 5.60. The second kappa shape index (κ2) is 4.13. The lowest BCUT2D eigenvalue weighted by molar-refractivity contribution is 0.470. The van der Waals surface area contributed by atoms with Gasteiger partial charge in [-0.3, -0.25) is 0 Å². The zero-order chi connectivity index (χ0) is 12.6. The van der Waals surface area contributed by atoms with E-state index in [1.54, 1.807) is 12.1 Å². The smallest absolute Gasteiger partial charge is 0.119 e. The molecule has 0 spiro atoms. The molecule has 88 valence electrons. The molecule has 2 heteroatoms. The third-order valence-electron chi connectivity index (χ3n) is 3.14. The van der Waals surface area contributed by atoms with Gasteiger partial charge in [-0.1, -0.05) is 18.2 Å². The van der Waals surface area contributed by atoms with Crippen LogP contribution in [0.5, 0.6) is 11.5 Å². The third kappa shape index (κ3) is 1.98. The molecule has 2 N–H and O–H groups in total. The van der Waals surface area contributed by atoms with Crippen LogP contribution >= 0.6 is 0 Å². The van der Waals surface area contributed by atoms with E-state index in [-0.39, 0.29) is 11.5 Å². The Labute approximate surface area is 101 Å². The summed E-state index contributed by atoms with van der Waals surface area (Å²) >= 11 is 0. The molecule has 0 heterocycles. The van der Waals surface area contributed by atoms with Gasteiger partial charge in [0.25, 0.3) is 0 Å². The number of aromatic hydroxyl groups is 2. The van der Waals surface area contributed by atoms with Crippen molar-refractivity contribution >= 4 is 0 Å². The molecule has 2 aromatic rings. The van der Waals surface area contributed by atoms with E-state index >= 15 is 0 Å².